The summed E-state index contributed by atoms with van der Waals surface area (Å²) in [5.74, 6) is 2.30. The summed E-state index contributed by atoms with van der Waals surface area (Å²) in [5, 5.41) is 6.67. The maximum Gasteiger partial charge on any atom is 0.264 e. The van der Waals surface area contributed by atoms with Crippen LogP contribution in [-0.2, 0) is 4.79 Å². The maximum absolute atomic E-state index is 12.1. The van der Waals surface area contributed by atoms with Crippen molar-refractivity contribution >= 4 is 51.4 Å². The number of halogens is 1. The molecule has 0 fully saturated rings. The molecule has 4 aromatic rings. The summed E-state index contributed by atoms with van der Waals surface area (Å²) in [4.78, 5) is 16.5. The topological polar surface area (TPSA) is 90.9 Å². The highest BCUT2D eigenvalue weighted by Gasteiger charge is 2.13. The molecular formula is C26H22ClN3O5S. The van der Waals surface area contributed by atoms with Crippen LogP contribution < -0.4 is 29.6 Å². The summed E-state index contributed by atoms with van der Waals surface area (Å²) in [5.41, 5.74) is 1.25. The molecule has 36 heavy (non-hydrogen) atoms. The van der Waals surface area contributed by atoms with Crippen molar-refractivity contribution < 1.29 is 23.7 Å². The van der Waals surface area contributed by atoms with Gasteiger partial charge in [-0.05, 0) is 54.7 Å². The Kier molecular flexibility index (Phi) is 8.04. The summed E-state index contributed by atoms with van der Waals surface area (Å²) in [6.07, 6.45) is 1.63. The van der Waals surface area contributed by atoms with Crippen molar-refractivity contribution in [1.82, 2.24) is 10.3 Å². The molecule has 184 valence electrons. The van der Waals surface area contributed by atoms with E-state index in [1.807, 2.05) is 18.2 Å². The molecule has 0 bridgehead atoms. The van der Waals surface area contributed by atoms with Gasteiger partial charge < -0.3 is 24.3 Å². The van der Waals surface area contributed by atoms with Crippen molar-refractivity contribution in [3.05, 3.63) is 77.9 Å². The van der Waals surface area contributed by atoms with Gasteiger partial charge in [0.15, 0.2) is 23.2 Å². The Morgan fingerprint density at radius 2 is 1.69 bits per heavy atom. The first-order valence-electron chi connectivity index (χ1n) is 10.7. The number of nitrogens with one attached hydrogen (secondary N) is 2. The highest BCUT2D eigenvalue weighted by Crippen LogP contribution is 2.38. The van der Waals surface area contributed by atoms with Crippen molar-refractivity contribution in [2.24, 2.45) is 0 Å². The second-order valence-electron chi connectivity index (χ2n) is 7.38. The number of amides is 1. The minimum Gasteiger partial charge on any atom is -0.493 e. The summed E-state index contributed by atoms with van der Waals surface area (Å²) in [7, 11) is 3.13. The van der Waals surface area contributed by atoms with Crippen LogP contribution in [0.25, 0.3) is 10.9 Å². The van der Waals surface area contributed by atoms with Gasteiger partial charge >= 0.3 is 0 Å². The third kappa shape index (κ3) is 6.12. The Balaban J connectivity index is 1.41. The van der Waals surface area contributed by atoms with Crippen LogP contribution in [0.1, 0.15) is 0 Å². The van der Waals surface area contributed by atoms with Crippen LogP contribution in [0.4, 0.5) is 5.69 Å². The number of nitrogens with zero attached hydrogens (tertiary/aromatic N) is 1. The molecule has 0 aliphatic heterocycles. The summed E-state index contributed by atoms with van der Waals surface area (Å²) >= 11 is 11.7. The second-order valence-corrected chi connectivity index (χ2v) is 8.20. The predicted molar refractivity (Wildman–Crippen MR) is 143 cm³/mol. The number of hydrogen-bond acceptors (Lipinski definition) is 7. The van der Waals surface area contributed by atoms with Gasteiger partial charge in [0.05, 0.1) is 24.8 Å². The first kappa shape index (κ1) is 25.0. The lowest BCUT2D eigenvalue weighted by Gasteiger charge is -2.14. The van der Waals surface area contributed by atoms with Gasteiger partial charge in [-0.25, -0.2) is 0 Å². The van der Waals surface area contributed by atoms with Crippen molar-refractivity contribution in [2.45, 2.75) is 0 Å². The largest absolute Gasteiger partial charge is 0.493 e. The number of ether oxygens (including phenoxy) is 4. The Morgan fingerprint density at radius 1 is 0.944 bits per heavy atom. The zero-order chi connectivity index (χ0) is 25.5. The number of thiocarbonyl (C=S) groups is 1. The molecule has 3 aromatic carbocycles. The van der Waals surface area contributed by atoms with Gasteiger partial charge in [0.2, 0.25) is 0 Å². The zero-order valence-corrected chi connectivity index (χ0v) is 21.0. The molecular weight excluding hydrogens is 502 g/mol. The minimum atomic E-state index is -0.390. The van der Waals surface area contributed by atoms with Crippen LogP contribution in [0.3, 0.4) is 0 Å². The fourth-order valence-electron chi connectivity index (χ4n) is 3.31. The summed E-state index contributed by atoms with van der Waals surface area (Å²) in [6, 6.07) is 19.4. The van der Waals surface area contributed by atoms with Gasteiger partial charge in [0, 0.05) is 23.3 Å². The van der Waals surface area contributed by atoms with Crippen LogP contribution in [-0.4, -0.2) is 36.8 Å². The molecule has 0 saturated heterocycles. The van der Waals surface area contributed by atoms with Gasteiger partial charge in [-0.15, -0.1) is 0 Å². The van der Waals surface area contributed by atoms with E-state index in [2.05, 4.69) is 15.6 Å². The molecule has 0 saturated carbocycles. The quantitative estimate of drug-likeness (QED) is 0.289. The normalized spacial score (nSPS) is 10.4. The molecule has 1 aromatic heterocycles. The molecule has 0 aliphatic rings. The van der Waals surface area contributed by atoms with Crippen LogP contribution in [0.15, 0.2) is 72.9 Å². The van der Waals surface area contributed by atoms with Gasteiger partial charge in [0.25, 0.3) is 5.91 Å². The molecule has 0 atom stereocenters. The molecule has 1 heterocycles. The van der Waals surface area contributed by atoms with Crippen LogP contribution >= 0.6 is 23.8 Å². The molecule has 1 amide bonds. The number of para-hydroxylation sites is 1. The zero-order valence-electron chi connectivity index (χ0n) is 19.4. The number of benzene rings is 3. The molecule has 4 rings (SSSR count). The van der Waals surface area contributed by atoms with E-state index in [-0.39, 0.29) is 17.6 Å². The van der Waals surface area contributed by atoms with Crippen molar-refractivity contribution in [2.75, 3.05) is 26.1 Å². The summed E-state index contributed by atoms with van der Waals surface area (Å²) in [6.45, 7) is -0.171. The number of aromatic nitrogens is 1. The number of hydrogen-bond donors (Lipinski definition) is 2. The molecule has 0 aliphatic carbocycles. The monoisotopic (exact) mass is 523 g/mol. The van der Waals surface area contributed by atoms with Crippen molar-refractivity contribution in [1.29, 1.82) is 0 Å². The van der Waals surface area contributed by atoms with E-state index in [0.29, 0.717) is 45.0 Å². The summed E-state index contributed by atoms with van der Waals surface area (Å²) < 4.78 is 22.2. The van der Waals surface area contributed by atoms with E-state index in [1.54, 1.807) is 68.9 Å². The Hall–Kier alpha value is -4.08. The van der Waals surface area contributed by atoms with E-state index >= 15 is 0 Å². The lowest BCUT2D eigenvalue weighted by Crippen LogP contribution is -2.37. The lowest BCUT2D eigenvalue weighted by atomic mass is 10.2. The highest BCUT2D eigenvalue weighted by molar-refractivity contribution is 7.80. The molecule has 10 heteroatoms. The van der Waals surface area contributed by atoms with E-state index in [9.17, 15) is 4.79 Å². The first-order chi connectivity index (χ1) is 17.5. The Bertz CT molecular complexity index is 1400. The number of anilines is 1. The van der Waals surface area contributed by atoms with Crippen molar-refractivity contribution in [3.8, 4) is 28.7 Å². The number of pyridine rings is 1. The number of carbonyl (C=O) groups is 1. The lowest BCUT2D eigenvalue weighted by molar-refractivity contribution is -0.121. The van der Waals surface area contributed by atoms with Crippen LogP contribution in [0.5, 0.6) is 28.7 Å². The third-order valence-electron chi connectivity index (χ3n) is 4.98. The second kappa shape index (κ2) is 11.6. The fourth-order valence-corrected chi connectivity index (χ4v) is 3.76. The van der Waals surface area contributed by atoms with Crippen LogP contribution in [0.2, 0.25) is 5.02 Å². The van der Waals surface area contributed by atoms with E-state index in [0.717, 1.165) is 5.39 Å². The van der Waals surface area contributed by atoms with Crippen molar-refractivity contribution in [3.63, 3.8) is 0 Å². The minimum absolute atomic E-state index is 0.113. The molecule has 0 unspecified atom stereocenters. The average molecular weight is 524 g/mol. The molecule has 2 N–H and O–H groups in total. The number of fused-ring (bicyclic) bond motifs is 1. The predicted octanol–water partition coefficient (Wildman–Crippen LogP) is 5.59. The standard InChI is InChI=1S/C26H22ClN3O5S/c1-32-23-13-18-20(14-24(23)33-2)28-11-10-21(18)35-22-9-8-16(12-19(22)27)29-26(36)30-25(31)15-34-17-6-4-3-5-7-17/h3-14H,15H2,1-2H3,(H2,29,30,31,36). The average Bonchev–Trinajstić information content (AvgIpc) is 2.89. The van der Waals surface area contributed by atoms with Gasteiger partial charge in [0.1, 0.15) is 17.2 Å². The smallest absolute Gasteiger partial charge is 0.264 e. The SMILES string of the molecule is COc1cc2nccc(Oc3ccc(NC(=S)NC(=O)COc4ccccc4)cc3Cl)c2cc1OC. The molecule has 0 spiro atoms. The highest BCUT2D eigenvalue weighted by atomic mass is 35.5. The van der Waals surface area contributed by atoms with Gasteiger partial charge in [-0.3, -0.25) is 15.1 Å². The molecule has 8 nitrogen and oxygen atoms in total. The van der Waals surface area contributed by atoms with Crippen LogP contribution in [0, 0.1) is 0 Å². The number of rotatable bonds is 8. The van der Waals surface area contributed by atoms with Gasteiger partial charge in [-0.2, -0.15) is 0 Å². The molecule has 0 radical (unpaired) electrons. The van der Waals surface area contributed by atoms with E-state index in [4.69, 9.17) is 42.8 Å². The fraction of sp³-hybridized carbons (Fsp3) is 0.115. The maximum atomic E-state index is 12.1. The third-order valence-corrected chi connectivity index (χ3v) is 5.48. The van der Waals surface area contributed by atoms with Gasteiger partial charge in [-0.1, -0.05) is 29.8 Å². The van der Waals surface area contributed by atoms with E-state index < -0.39 is 0 Å². The number of methoxy groups -OCH3 is 2. The number of carbonyl (C=O) groups excluding carboxylic acids is 1. The Labute approximate surface area is 218 Å². The van der Waals surface area contributed by atoms with E-state index in [1.165, 1.54) is 0 Å². The Morgan fingerprint density at radius 3 is 2.42 bits per heavy atom. The first-order valence-corrected chi connectivity index (χ1v) is 11.5.